The van der Waals surface area contributed by atoms with E-state index in [4.69, 9.17) is 9.47 Å². The monoisotopic (exact) mass is 299 g/mol. The molecule has 0 saturated heterocycles. The molecule has 0 aromatic heterocycles. The Morgan fingerprint density at radius 1 is 1.33 bits per heavy atom. The van der Waals surface area contributed by atoms with Crippen molar-refractivity contribution >= 4 is 5.97 Å². The standard InChI is InChI=1S/C17H33NO3/c1-5-11-18-17(3,16(19)20-4)12-14(2)21-13-15-9-7-6-8-10-15/h14-15,18H,5-13H2,1-4H3. The average molecular weight is 299 g/mol. The van der Waals surface area contributed by atoms with Gasteiger partial charge in [-0.3, -0.25) is 4.79 Å². The second-order valence-electron chi connectivity index (χ2n) is 6.60. The number of nitrogens with one attached hydrogen (secondary N) is 1. The molecule has 2 unspecified atom stereocenters. The van der Waals surface area contributed by atoms with E-state index in [1.165, 1.54) is 39.2 Å². The Kier molecular flexibility index (Phi) is 8.27. The van der Waals surface area contributed by atoms with Crippen molar-refractivity contribution < 1.29 is 14.3 Å². The number of hydrogen-bond acceptors (Lipinski definition) is 4. The van der Waals surface area contributed by atoms with Crippen LogP contribution in [0.2, 0.25) is 0 Å². The Morgan fingerprint density at radius 3 is 2.57 bits per heavy atom. The zero-order valence-electron chi connectivity index (χ0n) is 14.2. The quantitative estimate of drug-likeness (QED) is 0.664. The maximum atomic E-state index is 12.0. The highest BCUT2D eigenvalue weighted by atomic mass is 16.5. The van der Waals surface area contributed by atoms with Gasteiger partial charge in [0.15, 0.2) is 0 Å². The molecule has 124 valence electrons. The predicted octanol–water partition coefficient (Wildman–Crippen LogP) is 3.29. The first-order chi connectivity index (χ1) is 10.0. The van der Waals surface area contributed by atoms with E-state index in [9.17, 15) is 4.79 Å². The lowest BCUT2D eigenvalue weighted by molar-refractivity contribution is -0.149. The van der Waals surface area contributed by atoms with Crippen LogP contribution in [0.4, 0.5) is 0 Å². The van der Waals surface area contributed by atoms with Crippen LogP contribution in [0, 0.1) is 5.92 Å². The first kappa shape index (κ1) is 18.4. The van der Waals surface area contributed by atoms with Gasteiger partial charge < -0.3 is 14.8 Å². The fourth-order valence-corrected chi connectivity index (χ4v) is 3.14. The van der Waals surface area contributed by atoms with Gasteiger partial charge in [-0.2, -0.15) is 0 Å². The maximum absolute atomic E-state index is 12.0. The minimum atomic E-state index is -0.656. The molecule has 1 fully saturated rings. The van der Waals surface area contributed by atoms with Crippen LogP contribution in [0.25, 0.3) is 0 Å². The molecule has 4 nitrogen and oxygen atoms in total. The van der Waals surface area contributed by atoms with Gasteiger partial charge in [0.25, 0.3) is 0 Å². The van der Waals surface area contributed by atoms with Crippen molar-refractivity contribution in [3.8, 4) is 0 Å². The van der Waals surface area contributed by atoms with E-state index in [-0.39, 0.29) is 12.1 Å². The fourth-order valence-electron chi connectivity index (χ4n) is 3.14. The lowest BCUT2D eigenvalue weighted by atomic mass is 9.90. The average Bonchev–Trinajstić information content (AvgIpc) is 2.51. The summed E-state index contributed by atoms with van der Waals surface area (Å²) < 4.78 is 11.0. The number of carbonyl (C=O) groups is 1. The molecule has 1 saturated carbocycles. The summed E-state index contributed by atoms with van der Waals surface area (Å²) in [5.41, 5.74) is -0.656. The van der Waals surface area contributed by atoms with Crippen molar-refractivity contribution in [1.29, 1.82) is 0 Å². The first-order valence-electron chi connectivity index (χ1n) is 8.47. The summed E-state index contributed by atoms with van der Waals surface area (Å²) in [5.74, 6) is 0.498. The molecule has 1 aliphatic carbocycles. The van der Waals surface area contributed by atoms with Crippen molar-refractivity contribution in [2.75, 3.05) is 20.3 Å². The highest BCUT2D eigenvalue weighted by Crippen LogP contribution is 2.25. The van der Waals surface area contributed by atoms with Crippen LogP contribution in [0.5, 0.6) is 0 Å². The van der Waals surface area contributed by atoms with E-state index in [2.05, 4.69) is 19.2 Å². The van der Waals surface area contributed by atoms with Gasteiger partial charge in [-0.25, -0.2) is 0 Å². The van der Waals surface area contributed by atoms with Gasteiger partial charge in [-0.15, -0.1) is 0 Å². The number of ether oxygens (including phenoxy) is 2. The lowest BCUT2D eigenvalue weighted by Gasteiger charge is -2.31. The summed E-state index contributed by atoms with van der Waals surface area (Å²) in [5, 5.41) is 3.31. The molecule has 0 aromatic carbocycles. The second kappa shape index (κ2) is 9.42. The minimum Gasteiger partial charge on any atom is -0.468 e. The summed E-state index contributed by atoms with van der Waals surface area (Å²) in [6.07, 6.45) is 8.30. The number of hydrogen-bond donors (Lipinski definition) is 1. The van der Waals surface area contributed by atoms with Crippen LogP contribution >= 0.6 is 0 Å². The highest BCUT2D eigenvalue weighted by molar-refractivity contribution is 5.80. The van der Waals surface area contributed by atoms with Crippen molar-refractivity contribution in [3.05, 3.63) is 0 Å². The Labute approximate surface area is 130 Å². The van der Waals surface area contributed by atoms with Crippen LogP contribution in [-0.2, 0) is 14.3 Å². The van der Waals surface area contributed by atoms with Gasteiger partial charge in [0.05, 0.1) is 13.2 Å². The number of carbonyl (C=O) groups excluding carboxylic acids is 1. The third-order valence-corrected chi connectivity index (χ3v) is 4.44. The lowest BCUT2D eigenvalue weighted by Crippen LogP contribution is -2.52. The summed E-state index contributed by atoms with van der Waals surface area (Å²) in [6, 6.07) is 0. The molecule has 0 bridgehead atoms. The van der Waals surface area contributed by atoms with Gasteiger partial charge in [0, 0.05) is 13.0 Å². The van der Waals surface area contributed by atoms with E-state index < -0.39 is 5.54 Å². The van der Waals surface area contributed by atoms with Gasteiger partial charge >= 0.3 is 5.97 Å². The molecule has 1 aliphatic rings. The molecule has 0 aliphatic heterocycles. The van der Waals surface area contributed by atoms with Gasteiger partial charge in [0.1, 0.15) is 5.54 Å². The summed E-state index contributed by atoms with van der Waals surface area (Å²) in [6.45, 7) is 7.69. The highest BCUT2D eigenvalue weighted by Gasteiger charge is 2.35. The van der Waals surface area contributed by atoms with Crippen LogP contribution in [0.1, 0.15) is 65.7 Å². The Bertz CT molecular complexity index is 302. The molecule has 21 heavy (non-hydrogen) atoms. The molecule has 0 radical (unpaired) electrons. The molecule has 0 spiro atoms. The topological polar surface area (TPSA) is 47.6 Å². The van der Waals surface area contributed by atoms with Gasteiger partial charge in [-0.1, -0.05) is 26.2 Å². The van der Waals surface area contributed by atoms with Crippen molar-refractivity contribution in [1.82, 2.24) is 5.32 Å². The van der Waals surface area contributed by atoms with Crippen LogP contribution < -0.4 is 5.32 Å². The smallest absolute Gasteiger partial charge is 0.325 e. The second-order valence-corrected chi connectivity index (χ2v) is 6.60. The molecule has 0 heterocycles. The molecule has 1 N–H and O–H groups in total. The molecular weight excluding hydrogens is 266 g/mol. The van der Waals surface area contributed by atoms with Crippen molar-refractivity contribution in [2.24, 2.45) is 5.92 Å². The summed E-state index contributed by atoms with van der Waals surface area (Å²) in [4.78, 5) is 12.0. The zero-order valence-corrected chi connectivity index (χ0v) is 14.2. The van der Waals surface area contributed by atoms with E-state index in [1.807, 2.05) is 6.92 Å². The number of esters is 1. The minimum absolute atomic E-state index is 0.0559. The maximum Gasteiger partial charge on any atom is 0.325 e. The predicted molar refractivity (Wildman–Crippen MR) is 85.3 cm³/mol. The summed E-state index contributed by atoms with van der Waals surface area (Å²) >= 11 is 0. The molecule has 1 rings (SSSR count). The SMILES string of the molecule is CCCNC(C)(CC(C)OCC1CCCCC1)C(=O)OC. The molecule has 0 aromatic rings. The van der Waals surface area contributed by atoms with Crippen molar-refractivity contribution in [3.63, 3.8) is 0 Å². The molecule has 4 heteroatoms. The van der Waals surface area contributed by atoms with E-state index in [0.29, 0.717) is 12.3 Å². The van der Waals surface area contributed by atoms with Crippen LogP contribution in [0.15, 0.2) is 0 Å². The number of rotatable bonds is 9. The summed E-state index contributed by atoms with van der Waals surface area (Å²) in [7, 11) is 1.45. The van der Waals surface area contributed by atoms with Gasteiger partial charge in [0.2, 0.25) is 0 Å². The molecular formula is C17H33NO3. The van der Waals surface area contributed by atoms with Gasteiger partial charge in [-0.05, 0) is 45.6 Å². The van der Waals surface area contributed by atoms with Crippen LogP contribution in [0.3, 0.4) is 0 Å². The Hall–Kier alpha value is -0.610. The normalized spacial score (nSPS) is 20.8. The molecule has 2 atom stereocenters. The van der Waals surface area contributed by atoms with E-state index in [0.717, 1.165) is 19.6 Å². The fraction of sp³-hybridized carbons (Fsp3) is 0.941. The van der Waals surface area contributed by atoms with Crippen LogP contribution in [-0.4, -0.2) is 37.9 Å². The molecule has 0 amide bonds. The van der Waals surface area contributed by atoms with Crippen molar-refractivity contribution in [2.45, 2.75) is 77.4 Å². The third kappa shape index (κ3) is 6.35. The first-order valence-corrected chi connectivity index (χ1v) is 8.47. The van der Waals surface area contributed by atoms with E-state index >= 15 is 0 Å². The largest absolute Gasteiger partial charge is 0.468 e. The van der Waals surface area contributed by atoms with E-state index in [1.54, 1.807) is 0 Å². The Balaban J connectivity index is 2.42. The Morgan fingerprint density at radius 2 is 2.00 bits per heavy atom. The number of methoxy groups -OCH3 is 1. The zero-order chi connectivity index (χ0) is 15.7. The third-order valence-electron chi connectivity index (χ3n) is 4.44.